The molecule has 0 aromatic heterocycles. The largest absolute Gasteiger partial charge is 0.377 e. The number of anilines is 1. The van der Waals surface area contributed by atoms with Crippen LogP contribution in [0.25, 0.3) is 0 Å². The van der Waals surface area contributed by atoms with E-state index in [0.717, 1.165) is 19.8 Å². The molecule has 0 unspecified atom stereocenters. The van der Waals surface area contributed by atoms with Crippen molar-refractivity contribution in [1.82, 2.24) is 0 Å². The highest BCUT2D eigenvalue weighted by molar-refractivity contribution is 6.32. The highest BCUT2D eigenvalue weighted by atomic mass is 16.5. The smallest absolute Gasteiger partial charge is 0.139 e. The summed E-state index contributed by atoms with van der Waals surface area (Å²) in [6.07, 6.45) is 0. The maximum absolute atomic E-state index is 5.42. The van der Waals surface area contributed by atoms with E-state index >= 15 is 0 Å². The van der Waals surface area contributed by atoms with Gasteiger partial charge < -0.3 is 9.64 Å². The van der Waals surface area contributed by atoms with Crippen LogP contribution < -0.4 is 10.4 Å². The van der Waals surface area contributed by atoms with Crippen LogP contribution in [0.15, 0.2) is 24.3 Å². The monoisotopic (exact) mass is 189 g/mol. The maximum atomic E-state index is 5.42. The summed E-state index contributed by atoms with van der Waals surface area (Å²) in [5, 5.41) is 0. The molecule has 1 fully saturated rings. The van der Waals surface area contributed by atoms with E-state index in [-0.39, 0.29) is 0 Å². The zero-order valence-corrected chi connectivity index (χ0v) is 8.86. The van der Waals surface area contributed by atoms with Crippen LogP contribution in [0.1, 0.15) is 6.92 Å². The second kappa shape index (κ2) is 4.05. The molecule has 0 saturated carbocycles. The highest BCUT2D eigenvalue weighted by Crippen LogP contribution is 2.17. The second-order valence-electron chi connectivity index (χ2n) is 3.96. The van der Waals surface area contributed by atoms with E-state index in [1.807, 2.05) is 0 Å². The van der Waals surface area contributed by atoms with Crippen molar-refractivity contribution < 1.29 is 4.74 Å². The van der Waals surface area contributed by atoms with Gasteiger partial charge in [-0.3, -0.25) is 0 Å². The molecule has 1 aliphatic heterocycles. The van der Waals surface area contributed by atoms with Gasteiger partial charge >= 0.3 is 0 Å². The molecule has 1 heterocycles. The van der Waals surface area contributed by atoms with Crippen LogP contribution in [0.4, 0.5) is 5.69 Å². The Hall–Kier alpha value is -0.955. The Kier molecular flexibility index (Phi) is 2.78. The summed E-state index contributed by atoms with van der Waals surface area (Å²) < 4.78 is 5.42. The fraction of sp³-hybridized carbons (Fsp3) is 0.455. The van der Waals surface area contributed by atoms with Gasteiger partial charge in [0.2, 0.25) is 0 Å². The van der Waals surface area contributed by atoms with Gasteiger partial charge in [-0.2, -0.15) is 0 Å². The molecule has 1 aliphatic rings. The van der Waals surface area contributed by atoms with Crippen molar-refractivity contribution in [3.05, 3.63) is 24.3 Å². The molecular formula is C11H16BNO. The van der Waals surface area contributed by atoms with E-state index in [1.165, 1.54) is 11.2 Å². The summed E-state index contributed by atoms with van der Waals surface area (Å²) in [6, 6.07) is 9.16. The van der Waals surface area contributed by atoms with Crippen molar-refractivity contribution in [2.24, 2.45) is 0 Å². The average Bonchev–Trinajstić information content (AvgIpc) is 2.18. The van der Waals surface area contributed by atoms with Crippen molar-refractivity contribution in [3.63, 3.8) is 0 Å². The molecule has 0 radical (unpaired) electrons. The molecule has 0 spiro atoms. The van der Waals surface area contributed by atoms with Crippen LogP contribution in [0.5, 0.6) is 0 Å². The third kappa shape index (κ3) is 1.93. The van der Waals surface area contributed by atoms with E-state index in [0.29, 0.717) is 6.04 Å². The summed E-state index contributed by atoms with van der Waals surface area (Å²) in [5.41, 5.74) is 2.64. The van der Waals surface area contributed by atoms with Crippen molar-refractivity contribution >= 4 is 19.0 Å². The molecule has 0 bridgehead atoms. The minimum atomic E-state index is 0.491. The zero-order valence-electron chi connectivity index (χ0n) is 8.86. The Labute approximate surface area is 86.3 Å². The molecule has 0 N–H and O–H groups in total. The Morgan fingerprint density at radius 3 is 3.07 bits per heavy atom. The standard InChI is InChI=1S/C11H16BNO/c1-9-8-14-6-5-13(9)11-4-2-3-10(12)7-11/h2-4,7,9H,5-6,8,12H2,1H3/t9-/m0/s1. The number of rotatable bonds is 1. The Bertz CT molecular complexity index is 316. The van der Waals surface area contributed by atoms with Crippen molar-refractivity contribution in [2.75, 3.05) is 24.7 Å². The summed E-state index contributed by atoms with van der Waals surface area (Å²) in [5.74, 6) is 0. The van der Waals surface area contributed by atoms with Gasteiger partial charge in [-0.25, -0.2) is 0 Å². The van der Waals surface area contributed by atoms with Crippen molar-refractivity contribution in [3.8, 4) is 0 Å². The summed E-state index contributed by atoms with van der Waals surface area (Å²) in [4.78, 5) is 2.41. The van der Waals surface area contributed by atoms with Gasteiger partial charge in [0.05, 0.1) is 13.2 Å². The lowest BCUT2D eigenvalue weighted by atomic mass is 9.95. The number of hydrogen-bond acceptors (Lipinski definition) is 2. The number of nitrogens with zero attached hydrogens (tertiary/aromatic N) is 1. The first-order valence-electron chi connectivity index (χ1n) is 5.18. The quantitative estimate of drug-likeness (QED) is 0.584. The lowest BCUT2D eigenvalue weighted by Gasteiger charge is -2.35. The van der Waals surface area contributed by atoms with E-state index in [9.17, 15) is 0 Å². The molecule has 2 rings (SSSR count). The first-order chi connectivity index (χ1) is 6.77. The lowest BCUT2D eigenvalue weighted by molar-refractivity contribution is 0.0989. The minimum Gasteiger partial charge on any atom is -0.377 e. The zero-order chi connectivity index (χ0) is 9.97. The summed E-state index contributed by atoms with van der Waals surface area (Å²) in [6.45, 7) is 4.90. The fourth-order valence-corrected chi connectivity index (χ4v) is 1.92. The highest BCUT2D eigenvalue weighted by Gasteiger charge is 2.18. The van der Waals surface area contributed by atoms with E-state index < -0.39 is 0 Å². The van der Waals surface area contributed by atoms with Gasteiger partial charge in [0.25, 0.3) is 0 Å². The average molecular weight is 189 g/mol. The molecule has 0 amide bonds. The van der Waals surface area contributed by atoms with Crippen LogP contribution >= 0.6 is 0 Å². The predicted molar refractivity (Wildman–Crippen MR) is 62.2 cm³/mol. The Balaban J connectivity index is 2.20. The molecule has 1 aromatic rings. The third-order valence-electron chi connectivity index (χ3n) is 2.70. The molecule has 2 nitrogen and oxygen atoms in total. The summed E-state index contributed by atoms with van der Waals surface area (Å²) in [7, 11) is 2.13. The molecular weight excluding hydrogens is 173 g/mol. The predicted octanol–water partition coefficient (Wildman–Crippen LogP) is 0.170. The topological polar surface area (TPSA) is 12.5 Å². The second-order valence-corrected chi connectivity index (χ2v) is 3.96. The first kappa shape index (κ1) is 9.59. The summed E-state index contributed by atoms with van der Waals surface area (Å²) >= 11 is 0. The first-order valence-corrected chi connectivity index (χ1v) is 5.18. The van der Waals surface area contributed by atoms with Crippen LogP contribution in [0.2, 0.25) is 0 Å². The molecule has 1 atom stereocenters. The van der Waals surface area contributed by atoms with Gasteiger partial charge in [-0.1, -0.05) is 17.6 Å². The van der Waals surface area contributed by atoms with Crippen LogP contribution in [0.3, 0.4) is 0 Å². The SMILES string of the molecule is Bc1cccc(N2CCOC[C@@H]2C)c1. The van der Waals surface area contributed by atoms with E-state index in [4.69, 9.17) is 4.74 Å². The minimum absolute atomic E-state index is 0.491. The van der Waals surface area contributed by atoms with E-state index in [2.05, 4.69) is 43.9 Å². The van der Waals surface area contributed by atoms with E-state index in [1.54, 1.807) is 0 Å². The van der Waals surface area contributed by atoms with Crippen LogP contribution in [-0.2, 0) is 4.74 Å². The van der Waals surface area contributed by atoms with Gasteiger partial charge in [-0.15, -0.1) is 0 Å². The van der Waals surface area contributed by atoms with Gasteiger partial charge in [0.1, 0.15) is 7.85 Å². The van der Waals surface area contributed by atoms with Gasteiger partial charge in [-0.05, 0) is 19.1 Å². The van der Waals surface area contributed by atoms with Crippen molar-refractivity contribution in [2.45, 2.75) is 13.0 Å². The number of morpholine rings is 1. The lowest BCUT2D eigenvalue weighted by Crippen LogP contribution is -2.43. The number of hydrogen-bond donors (Lipinski definition) is 0. The number of ether oxygens (including phenoxy) is 1. The van der Waals surface area contributed by atoms with Crippen LogP contribution in [-0.4, -0.2) is 33.6 Å². The molecule has 0 aliphatic carbocycles. The Morgan fingerprint density at radius 1 is 1.50 bits per heavy atom. The third-order valence-corrected chi connectivity index (χ3v) is 2.70. The van der Waals surface area contributed by atoms with Gasteiger partial charge in [0, 0.05) is 18.3 Å². The molecule has 1 aromatic carbocycles. The molecule has 74 valence electrons. The van der Waals surface area contributed by atoms with Gasteiger partial charge in [0.15, 0.2) is 0 Å². The Morgan fingerprint density at radius 2 is 2.36 bits per heavy atom. The normalized spacial score (nSPS) is 22.4. The number of benzene rings is 1. The van der Waals surface area contributed by atoms with Crippen LogP contribution in [0, 0.1) is 0 Å². The molecule has 3 heteroatoms. The van der Waals surface area contributed by atoms with Crippen molar-refractivity contribution in [1.29, 1.82) is 0 Å². The molecule has 1 saturated heterocycles. The fourth-order valence-electron chi connectivity index (χ4n) is 1.92. The molecule has 14 heavy (non-hydrogen) atoms. The maximum Gasteiger partial charge on any atom is 0.139 e.